The molecule has 0 aromatic heterocycles. The van der Waals surface area contributed by atoms with Gasteiger partial charge in [0.05, 0.1) is 12.2 Å². The molecule has 1 heterocycles. The number of hydrogen-bond donors (Lipinski definition) is 1. The normalized spacial score (nSPS) is 23.7. The molecule has 1 saturated heterocycles. The third-order valence-electron chi connectivity index (χ3n) is 3.52. The summed E-state index contributed by atoms with van der Waals surface area (Å²) in [6.07, 6.45) is 3.03. The fraction of sp³-hybridized carbons (Fsp3) is 0.533. The van der Waals surface area contributed by atoms with E-state index in [-0.39, 0.29) is 18.1 Å². The van der Waals surface area contributed by atoms with Crippen molar-refractivity contribution in [2.75, 3.05) is 6.54 Å². The number of carbonyl (C=O) groups is 1. The molecular weight excluding hydrogens is 224 g/mol. The Hall–Kier alpha value is -1.35. The quantitative estimate of drug-likeness (QED) is 0.863. The van der Waals surface area contributed by atoms with Crippen molar-refractivity contribution in [3.8, 4) is 0 Å². The van der Waals surface area contributed by atoms with Crippen molar-refractivity contribution < 1.29 is 4.79 Å². The van der Waals surface area contributed by atoms with Gasteiger partial charge in [0, 0.05) is 6.54 Å². The van der Waals surface area contributed by atoms with Crippen LogP contribution in [0, 0.1) is 0 Å². The van der Waals surface area contributed by atoms with E-state index >= 15 is 0 Å². The topological polar surface area (TPSA) is 32.3 Å². The monoisotopic (exact) mass is 246 g/mol. The molecule has 1 amide bonds. The molecule has 1 aromatic rings. The summed E-state index contributed by atoms with van der Waals surface area (Å²) in [5.74, 6) is 0.264. The second kappa shape index (κ2) is 6.01. The molecule has 1 aliphatic heterocycles. The minimum Gasteiger partial charge on any atom is -0.326 e. The van der Waals surface area contributed by atoms with Crippen molar-refractivity contribution in [2.45, 2.75) is 45.3 Å². The molecule has 3 heteroatoms. The van der Waals surface area contributed by atoms with Crippen LogP contribution in [0.2, 0.25) is 0 Å². The summed E-state index contributed by atoms with van der Waals surface area (Å²) in [5.41, 5.74) is 1.30. The Morgan fingerprint density at radius 3 is 2.67 bits per heavy atom. The molecule has 98 valence electrons. The lowest BCUT2D eigenvalue weighted by atomic mass is 10.1. The Morgan fingerprint density at radius 1 is 1.28 bits per heavy atom. The molecular formula is C15H22N2O. The Labute approximate surface area is 109 Å². The minimum absolute atomic E-state index is 0.00763. The lowest BCUT2D eigenvalue weighted by Crippen LogP contribution is -2.35. The maximum absolute atomic E-state index is 12.2. The number of benzene rings is 1. The largest absolute Gasteiger partial charge is 0.326 e. The van der Waals surface area contributed by atoms with E-state index in [0.717, 1.165) is 25.8 Å². The first kappa shape index (κ1) is 13.1. The fourth-order valence-electron chi connectivity index (χ4n) is 2.55. The van der Waals surface area contributed by atoms with E-state index in [1.807, 2.05) is 23.1 Å². The summed E-state index contributed by atoms with van der Waals surface area (Å²) in [4.78, 5) is 14.1. The van der Waals surface area contributed by atoms with E-state index < -0.39 is 0 Å². The predicted octanol–water partition coefficient (Wildman–Crippen LogP) is 2.18. The highest BCUT2D eigenvalue weighted by molar-refractivity contribution is 5.84. The second-order valence-corrected chi connectivity index (χ2v) is 4.95. The summed E-state index contributed by atoms with van der Waals surface area (Å²) in [7, 11) is 0. The zero-order chi connectivity index (χ0) is 13.0. The first-order valence-corrected chi connectivity index (χ1v) is 6.83. The first-order valence-electron chi connectivity index (χ1n) is 6.83. The lowest BCUT2D eigenvalue weighted by Gasteiger charge is -2.19. The van der Waals surface area contributed by atoms with Crippen LogP contribution >= 0.6 is 0 Å². The van der Waals surface area contributed by atoms with Crippen LogP contribution in [0.15, 0.2) is 30.3 Å². The van der Waals surface area contributed by atoms with E-state index in [1.165, 1.54) is 5.56 Å². The zero-order valence-electron chi connectivity index (χ0n) is 11.2. The van der Waals surface area contributed by atoms with Crippen LogP contribution in [0.5, 0.6) is 0 Å². The Bertz CT molecular complexity index is 391. The van der Waals surface area contributed by atoms with E-state index in [0.29, 0.717) is 0 Å². The van der Waals surface area contributed by atoms with Crippen molar-refractivity contribution in [3.63, 3.8) is 0 Å². The molecule has 2 rings (SSSR count). The molecule has 0 saturated carbocycles. The van der Waals surface area contributed by atoms with E-state index in [1.54, 1.807) is 0 Å². The summed E-state index contributed by atoms with van der Waals surface area (Å²) in [6.45, 7) is 5.03. The molecule has 2 unspecified atom stereocenters. The molecule has 18 heavy (non-hydrogen) atoms. The standard InChI is InChI=1S/C15H22N2O/c1-3-11-17-12(2)16-14(15(17)18)10-9-13-7-5-4-6-8-13/h4-8,12,14,16H,3,9-11H2,1-2H3. The lowest BCUT2D eigenvalue weighted by molar-refractivity contribution is -0.129. The average Bonchev–Trinajstić information content (AvgIpc) is 2.66. The van der Waals surface area contributed by atoms with Gasteiger partial charge in [0.1, 0.15) is 0 Å². The van der Waals surface area contributed by atoms with Crippen LogP contribution in [0.3, 0.4) is 0 Å². The summed E-state index contributed by atoms with van der Waals surface area (Å²) >= 11 is 0. The summed E-state index contributed by atoms with van der Waals surface area (Å²) < 4.78 is 0. The number of aryl methyl sites for hydroxylation is 1. The molecule has 1 N–H and O–H groups in total. The third kappa shape index (κ3) is 2.91. The third-order valence-corrected chi connectivity index (χ3v) is 3.52. The molecule has 1 fully saturated rings. The van der Waals surface area contributed by atoms with Gasteiger partial charge in [0.15, 0.2) is 0 Å². The van der Waals surface area contributed by atoms with Gasteiger partial charge in [-0.25, -0.2) is 0 Å². The van der Waals surface area contributed by atoms with Crippen LogP contribution in [0.1, 0.15) is 32.3 Å². The predicted molar refractivity (Wildman–Crippen MR) is 73.2 cm³/mol. The number of amides is 1. The van der Waals surface area contributed by atoms with Crippen molar-refractivity contribution in [1.82, 2.24) is 10.2 Å². The van der Waals surface area contributed by atoms with E-state index in [2.05, 4.69) is 31.3 Å². The van der Waals surface area contributed by atoms with Crippen molar-refractivity contribution >= 4 is 5.91 Å². The highest BCUT2D eigenvalue weighted by Gasteiger charge is 2.35. The van der Waals surface area contributed by atoms with Gasteiger partial charge in [0.25, 0.3) is 0 Å². The van der Waals surface area contributed by atoms with Gasteiger partial charge >= 0.3 is 0 Å². The van der Waals surface area contributed by atoms with Gasteiger partial charge in [-0.15, -0.1) is 0 Å². The molecule has 1 aliphatic rings. The van der Waals surface area contributed by atoms with Gasteiger partial charge < -0.3 is 4.90 Å². The molecule has 0 radical (unpaired) electrons. The Morgan fingerprint density at radius 2 is 2.00 bits per heavy atom. The zero-order valence-corrected chi connectivity index (χ0v) is 11.2. The summed E-state index contributed by atoms with van der Waals surface area (Å²) in [6, 6.07) is 10.3. The first-order chi connectivity index (χ1) is 8.72. The molecule has 3 nitrogen and oxygen atoms in total. The van der Waals surface area contributed by atoms with Crippen LogP contribution in [-0.4, -0.2) is 29.6 Å². The van der Waals surface area contributed by atoms with Crippen LogP contribution < -0.4 is 5.32 Å². The number of nitrogens with one attached hydrogen (secondary N) is 1. The number of hydrogen-bond acceptors (Lipinski definition) is 2. The van der Waals surface area contributed by atoms with Crippen LogP contribution in [-0.2, 0) is 11.2 Å². The summed E-state index contributed by atoms with van der Waals surface area (Å²) in [5, 5.41) is 3.39. The molecule has 2 atom stereocenters. The molecule has 1 aromatic carbocycles. The van der Waals surface area contributed by atoms with Crippen molar-refractivity contribution in [3.05, 3.63) is 35.9 Å². The molecule has 0 bridgehead atoms. The van der Waals surface area contributed by atoms with Crippen molar-refractivity contribution in [2.24, 2.45) is 0 Å². The van der Waals surface area contributed by atoms with Gasteiger partial charge in [-0.2, -0.15) is 0 Å². The fourth-order valence-corrected chi connectivity index (χ4v) is 2.55. The van der Waals surface area contributed by atoms with Crippen molar-refractivity contribution in [1.29, 1.82) is 0 Å². The highest BCUT2D eigenvalue weighted by atomic mass is 16.2. The average molecular weight is 246 g/mol. The van der Waals surface area contributed by atoms with Crippen LogP contribution in [0.25, 0.3) is 0 Å². The number of carbonyl (C=O) groups excluding carboxylic acids is 1. The van der Waals surface area contributed by atoms with Gasteiger partial charge in [-0.3, -0.25) is 10.1 Å². The number of rotatable bonds is 5. The Kier molecular flexibility index (Phi) is 4.37. The van der Waals surface area contributed by atoms with Gasteiger partial charge in [-0.1, -0.05) is 37.3 Å². The maximum atomic E-state index is 12.2. The van der Waals surface area contributed by atoms with E-state index in [9.17, 15) is 4.79 Å². The SMILES string of the molecule is CCCN1C(=O)C(CCc2ccccc2)NC1C. The molecule has 0 aliphatic carbocycles. The van der Waals surface area contributed by atoms with Gasteiger partial charge in [0.2, 0.25) is 5.91 Å². The second-order valence-electron chi connectivity index (χ2n) is 4.95. The maximum Gasteiger partial charge on any atom is 0.241 e. The molecule has 0 spiro atoms. The van der Waals surface area contributed by atoms with Crippen LogP contribution in [0.4, 0.5) is 0 Å². The minimum atomic E-state index is -0.00763. The van der Waals surface area contributed by atoms with E-state index in [4.69, 9.17) is 0 Å². The smallest absolute Gasteiger partial charge is 0.241 e. The Balaban J connectivity index is 1.89. The highest BCUT2D eigenvalue weighted by Crippen LogP contribution is 2.15. The number of nitrogens with zero attached hydrogens (tertiary/aromatic N) is 1. The van der Waals surface area contributed by atoms with Gasteiger partial charge in [-0.05, 0) is 31.7 Å².